The number of fused-ring (bicyclic) bond motifs is 1. The number of imidazole rings is 1. The van der Waals surface area contributed by atoms with E-state index in [0.717, 1.165) is 48.6 Å². The molecule has 0 saturated carbocycles. The lowest BCUT2D eigenvalue weighted by Crippen LogP contribution is -2.32. The number of aromatic nitrogens is 2. The van der Waals surface area contributed by atoms with Gasteiger partial charge in [-0.05, 0) is 42.7 Å². The first-order chi connectivity index (χ1) is 14.3. The van der Waals surface area contributed by atoms with Crippen LogP contribution < -0.4 is 9.47 Å². The Labute approximate surface area is 169 Å². The van der Waals surface area contributed by atoms with E-state index >= 15 is 0 Å². The lowest BCUT2D eigenvalue weighted by molar-refractivity contribution is 0.0727. The van der Waals surface area contributed by atoms with E-state index in [2.05, 4.69) is 11.1 Å². The molecule has 3 aromatic rings. The molecule has 6 heteroatoms. The fourth-order valence-corrected chi connectivity index (χ4v) is 4.14. The Balaban J connectivity index is 1.44. The maximum Gasteiger partial charge on any atom is 0.273 e. The summed E-state index contributed by atoms with van der Waals surface area (Å²) in [6.45, 7) is 2.06. The van der Waals surface area contributed by atoms with Crippen LogP contribution in [0.15, 0.2) is 61.1 Å². The van der Waals surface area contributed by atoms with Crippen LogP contribution in [0.3, 0.4) is 0 Å². The Morgan fingerprint density at radius 1 is 1.00 bits per heavy atom. The van der Waals surface area contributed by atoms with Crippen molar-refractivity contribution in [3.63, 3.8) is 0 Å². The number of carbonyl (C=O) groups is 1. The van der Waals surface area contributed by atoms with Gasteiger partial charge in [-0.2, -0.15) is 0 Å². The predicted octanol–water partition coefficient (Wildman–Crippen LogP) is 4.01. The molecule has 1 unspecified atom stereocenters. The Bertz CT molecular complexity index is 1020. The van der Waals surface area contributed by atoms with Crippen LogP contribution in [-0.4, -0.2) is 40.1 Å². The van der Waals surface area contributed by atoms with E-state index in [1.165, 1.54) is 0 Å². The zero-order valence-corrected chi connectivity index (χ0v) is 16.2. The highest BCUT2D eigenvalue weighted by Crippen LogP contribution is 2.38. The van der Waals surface area contributed by atoms with Gasteiger partial charge in [0.1, 0.15) is 5.69 Å². The molecule has 0 aliphatic carbocycles. The van der Waals surface area contributed by atoms with E-state index in [9.17, 15) is 4.79 Å². The molecule has 1 saturated heterocycles. The van der Waals surface area contributed by atoms with Gasteiger partial charge in [0.05, 0.1) is 31.8 Å². The molecule has 2 aliphatic heterocycles. The fourth-order valence-electron chi connectivity index (χ4n) is 4.14. The van der Waals surface area contributed by atoms with Gasteiger partial charge in [-0.3, -0.25) is 9.36 Å². The monoisotopic (exact) mass is 389 g/mol. The van der Waals surface area contributed by atoms with Crippen LogP contribution in [-0.2, 0) is 0 Å². The quantitative estimate of drug-likeness (QED) is 0.679. The normalized spacial score (nSPS) is 18.5. The topological polar surface area (TPSA) is 56.6 Å². The standard InChI is InChI=1S/C23H23N3O3/c27-23(20-15-24-16-26(20)18-6-2-1-3-7-18)25-11-4-8-19(25)17-9-10-21-22(14-17)29-13-5-12-28-21/h1-3,6-7,9-10,14-16,19H,4-5,8,11-13H2. The molecule has 2 aliphatic rings. The van der Waals surface area contributed by atoms with Crippen molar-refractivity contribution in [2.24, 2.45) is 0 Å². The lowest BCUT2D eigenvalue weighted by Gasteiger charge is -2.26. The van der Waals surface area contributed by atoms with Crippen LogP contribution in [0.5, 0.6) is 11.5 Å². The second kappa shape index (κ2) is 7.62. The van der Waals surface area contributed by atoms with Crippen molar-refractivity contribution >= 4 is 5.91 Å². The van der Waals surface area contributed by atoms with Crippen LogP contribution in [0.2, 0.25) is 0 Å². The summed E-state index contributed by atoms with van der Waals surface area (Å²) in [6, 6.07) is 15.9. The first-order valence-electron chi connectivity index (χ1n) is 10.1. The molecular formula is C23H23N3O3. The highest BCUT2D eigenvalue weighted by molar-refractivity contribution is 5.93. The Morgan fingerprint density at radius 3 is 2.69 bits per heavy atom. The van der Waals surface area contributed by atoms with Crippen molar-refractivity contribution in [2.75, 3.05) is 19.8 Å². The van der Waals surface area contributed by atoms with Crippen molar-refractivity contribution in [1.82, 2.24) is 14.5 Å². The van der Waals surface area contributed by atoms with E-state index in [1.54, 1.807) is 12.5 Å². The summed E-state index contributed by atoms with van der Waals surface area (Å²) in [5.74, 6) is 1.55. The van der Waals surface area contributed by atoms with Crippen LogP contribution in [0.25, 0.3) is 5.69 Å². The number of likely N-dealkylation sites (tertiary alicyclic amines) is 1. The van der Waals surface area contributed by atoms with Crippen molar-refractivity contribution < 1.29 is 14.3 Å². The average molecular weight is 389 g/mol. The summed E-state index contributed by atoms with van der Waals surface area (Å²) in [4.78, 5) is 19.6. The van der Waals surface area contributed by atoms with Gasteiger partial charge in [-0.25, -0.2) is 4.98 Å². The van der Waals surface area contributed by atoms with Gasteiger partial charge >= 0.3 is 0 Å². The number of carbonyl (C=O) groups excluding carboxylic acids is 1. The van der Waals surface area contributed by atoms with Gasteiger partial charge < -0.3 is 14.4 Å². The zero-order chi connectivity index (χ0) is 19.6. The van der Waals surface area contributed by atoms with E-state index < -0.39 is 0 Å². The molecule has 1 atom stereocenters. The summed E-state index contributed by atoms with van der Waals surface area (Å²) < 4.78 is 13.5. The average Bonchev–Trinajstić information content (AvgIpc) is 3.39. The molecule has 0 N–H and O–H groups in total. The summed E-state index contributed by atoms with van der Waals surface area (Å²) in [5.41, 5.74) is 2.60. The highest BCUT2D eigenvalue weighted by atomic mass is 16.5. The number of nitrogens with zero attached hydrogens (tertiary/aromatic N) is 3. The third-order valence-corrected chi connectivity index (χ3v) is 5.56. The van der Waals surface area contributed by atoms with E-state index in [1.807, 2.05) is 51.9 Å². The molecule has 0 spiro atoms. The lowest BCUT2D eigenvalue weighted by atomic mass is 10.0. The molecule has 148 valence electrons. The molecule has 0 bridgehead atoms. The Hall–Kier alpha value is -3.28. The maximum absolute atomic E-state index is 13.4. The molecule has 1 fully saturated rings. The third kappa shape index (κ3) is 3.35. The van der Waals surface area contributed by atoms with E-state index in [-0.39, 0.29) is 11.9 Å². The summed E-state index contributed by atoms with van der Waals surface area (Å²) >= 11 is 0. The van der Waals surface area contributed by atoms with Gasteiger partial charge in [0.15, 0.2) is 11.5 Å². The minimum atomic E-state index is 0.000893. The number of hydrogen-bond donors (Lipinski definition) is 0. The van der Waals surface area contributed by atoms with Crippen LogP contribution >= 0.6 is 0 Å². The van der Waals surface area contributed by atoms with Crippen LogP contribution in [0, 0.1) is 0 Å². The van der Waals surface area contributed by atoms with E-state index in [4.69, 9.17) is 9.47 Å². The van der Waals surface area contributed by atoms with Crippen LogP contribution in [0.1, 0.15) is 41.4 Å². The Kier molecular flexibility index (Phi) is 4.68. The molecule has 1 amide bonds. The second-order valence-electron chi connectivity index (χ2n) is 7.40. The molecule has 3 heterocycles. The fraction of sp³-hybridized carbons (Fsp3) is 0.304. The number of ether oxygens (including phenoxy) is 2. The maximum atomic E-state index is 13.4. The second-order valence-corrected chi connectivity index (χ2v) is 7.40. The summed E-state index contributed by atoms with van der Waals surface area (Å²) in [5, 5.41) is 0. The summed E-state index contributed by atoms with van der Waals surface area (Å²) in [7, 11) is 0. The smallest absolute Gasteiger partial charge is 0.273 e. The zero-order valence-electron chi connectivity index (χ0n) is 16.2. The molecule has 29 heavy (non-hydrogen) atoms. The van der Waals surface area contributed by atoms with Gasteiger partial charge in [0, 0.05) is 18.7 Å². The molecular weight excluding hydrogens is 366 g/mol. The van der Waals surface area contributed by atoms with Crippen molar-refractivity contribution in [3.05, 3.63) is 72.3 Å². The Morgan fingerprint density at radius 2 is 1.83 bits per heavy atom. The molecule has 0 radical (unpaired) electrons. The number of rotatable bonds is 3. The minimum absolute atomic E-state index is 0.000893. The van der Waals surface area contributed by atoms with E-state index in [0.29, 0.717) is 18.9 Å². The van der Waals surface area contributed by atoms with Crippen molar-refractivity contribution in [2.45, 2.75) is 25.3 Å². The molecule has 2 aromatic carbocycles. The largest absolute Gasteiger partial charge is 0.490 e. The number of para-hydroxylation sites is 1. The van der Waals surface area contributed by atoms with Gasteiger partial charge in [-0.15, -0.1) is 0 Å². The molecule has 6 nitrogen and oxygen atoms in total. The predicted molar refractivity (Wildman–Crippen MR) is 109 cm³/mol. The SMILES string of the molecule is O=C(c1cncn1-c1ccccc1)N1CCCC1c1ccc2c(c1)OCCCO2. The van der Waals surface area contributed by atoms with Crippen LogP contribution in [0.4, 0.5) is 0 Å². The number of amides is 1. The van der Waals surface area contributed by atoms with Crippen molar-refractivity contribution in [3.8, 4) is 17.2 Å². The van der Waals surface area contributed by atoms with Gasteiger partial charge in [0.2, 0.25) is 0 Å². The molecule has 5 rings (SSSR count). The van der Waals surface area contributed by atoms with Crippen molar-refractivity contribution in [1.29, 1.82) is 0 Å². The number of benzene rings is 2. The highest BCUT2D eigenvalue weighted by Gasteiger charge is 2.33. The third-order valence-electron chi connectivity index (χ3n) is 5.56. The minimum Gasteiger partial charge on any atom is -0.490 e. The van der Waals surface area contributed by atoms with Gasteiger partial charge in [0.25, 0.3) is 5.91 Å². The summed E-state index contributed by atoms with van der Waals surface area (Å²) in [6.07, 6.45) is 6.14. The molecule has 1 aromatic heterocycles. The van der Waals surface area contributed by atoms with Gasteiger partial charge in [-0.1, -0.05) is 24.3 Å². The first kappa shape index (κ1) is 17.8. The number of hydrogen-bond acceptors (Lipinski definition) is 4. The first-order valence-corrected chi connectivity index (χ1v) is 10.1.